The van der Waals surface area contributed by atoms with Crippen molar-refractivity contribution in [2.24, 2.45) is 11.7 Å². The van der Waals surface area contributed by atoms with Crippen molar-refractivity contribution in [1.82, 2.24) is 14.9 Å². The number of benzene rings is 1. The monoisotopic (exact) mass is 460 g/mol. The molecule has 1 fully saturated rings. The Morgan fingerprint density at radius 3 is 2.38 bits per heavy atom. The molecule has 174 valence electrons. The van der Waals surface area contributed by atoms with Crippen molar-refractivity contribution in [2.45, 2.75) is 44.8 Å². The van der Waals surface area contributed by atoms with E-state index in [0.29, 0.717) is 32.0 Å². The molecular formula is C21H22F6N4O. The minimum Gasteiger partial charge on any atom is -0.339 e. The highest BCUT2D eigenvalue weighted by molar-refractivity contribution is 5.95. The molecule has 0 radical (unpaired) electrons. The number of carbonyl (C=O) groups is 1. The van der Waals surface area contributed by atoms with Crippen LogP contribution in [-0.4, -0.2) is 46.1 Å². The zero-order valence-electron chi connectivity index (χ0n) is 17.2. The Balaban J connectivity index is 1.59. The van der Waals surface area contributed by atoms with E-state index < -0.39 is 41.9 Å². The molecule has 1 aromatic heterocycles. The van der Waals surface area contributed by atoms with Gasteiger partial charge in [-0.25, -0.2) is 23.1 Å². The van der Waals surface area contributed by atoms with Crippen LogP contribution in [0.25, 0.3) is 0 Å². The maximum absolute atomic E-state index is 13.9. The number of halogens is 6. The van der Waals surface area contributed by atoms with E-state index in [-0.39, 0.29) is 35.1 Å². The van der Waals surface area contributed by atoms with Gasteiger partial charge in [-0.05, 0) is 43.7 Å². The quantitative estimate of drug-likeness (QED) is 0.545. The Bertz CT molecular complexity index is 989. The van der Waals surface area contributed by atoms with Gasteiger partial charge < -0.3 is 10.6 Å². The van der Waals surface area contributed by atoms with E-state index in [1.54, 1.807) is 0 Å². The van der Waals surface area contributed by atoms with Crippen LogP contribution in [0.5, 0.6) is 0 Å². The number of aromatic nitrogens is 2. The summed E-state index contributed by atoms with van der Waals surface area (Å²) in [6, 6.07) is 0.774. The number of piperidine rings is 1. The van der Waals surface area contributed by atoms with Crippen LogP contribution in [0, 0.1) is 30.3 Å². The molecule has 32 heavy (non-hydrogen) atoms. The standard InChI is InChI=1S/C21H22F6N4O/c1-11-14(10-29-19(30-11)9-21(25,26)27)20(32)31-4-2-12(3-5-31)18(28)7-13-6-16(23)17(24)8-15(13)22/h6,8,10,12,18H,2-5,7,9,28H2,1H3. The van der Waals surface area contributed by atoms with Crippen LogP contribution in [0.1, 0.15) is 40.3 Å². The second kappa shape index (κ2) is 9.43. The van der Waals surface area contributed by atoms with Gasteiger partial charge in [-0.15, -0.1) is 0 Å². The van der Waals surface area contributed by atoms with Gasteiger partial charge in [-0.1, -0.05) is 0 Å². The van der Waals surface area contributed by atoms with E-state index in [9.17, 15) is 31.1 Å². The zero-order chi connectivity index (χ0) is 23.6. The fraction of sp³-hybridized carbons (Fsp3) is 0.476. The number of rotatable bonds is 5. The Hall–Kier alpha value is -2.69. The molecule has 0 spiro atoms. The molecule has 2 N–H and O–H groups in total. The van der Waals surface area contributed by atoms with Gasteiger partial charge in [-0.2, -0.15) is 13.2 Å². The maximum atomic E-state index is 13.9. The van der Waals surface area contributed by atoms with Gasteiger partial charge >= 0.3 is 6.18 Å². The average Bonchev–Trinajstić information content (AvgIpc) is 2.70. The molecule has 1 saturated heterocycles. The summed E-state index contributed by atoms with van der Waals surface area (Å²) in [4.78, 5) is 21.8. The highest BCUT2D eigenvalue weighted by Crippen LogP contribution is 2.25. The van der Waals surface area contributed by atoms with E-state index in [4.69, 9.17) is 5.73 Å². The molecule has 2 aromatic rings. The molecule has 3 rings (SSSR count). The lowest BCUT2D eigenvalue weighted by atomic mass is 9.86. The van der Waals surface area contributed by atoms with Gasteiger partial charge in [0, 0.05) is 31.4 Å². The average molecular weight is 460 g/mol. The molecule has 2 heterocycles. The maximum Gasteiger partial charge on any atom is 0.396 e. The highest BCUT2D eigenvalue weighted by atomic mass is 19.4. The number of likely N-dealkylation sites (tertiary alicyclic amines) is 1. The fourth-order valence-electron chi connectivity index (χ4n) is 3.83. The first-order chi connectivity index (χ1) is 14.9. The first kappa shape index (κ1) is 24.0. The topological polar surface area (TPSA) is 72.1 Å². The molecule has 1 atom stereocenters. The van der Waals surface area contributed by atoms with Gasteiger partial charge in [0.1, 0.15) is 18.1 Å². The Kier molecular flexibility index (Phi) is 7.06. The summed E-state index contributed by atoms with van der Waals surface area (Å²) in [5.74, 6) is -4.14. The first-order valence-electron chi connectivity index (χ1n) is 10.0. The van der Waals surface area contributed by atoms with E-state index in [0.717, 1.165) is 12.3 Å². The van der Waals surface area contributed by atoms with Crippen LogP contribution in [-0.2, 0) is 12.8 Å². The Morgan fingerprint density at radius 1 is 1.16 bits per heavy atom. The highest BCUT2D eigenvalue weighted by Gasteiger charge is 2.31. The molecule has 1 unspecified atom stereocenters. The number of hydrogen-bond donors (Lipinski definition) is 1. The van der Waals surface area contributed by atoms with E-state index in [1.165, 1.54) is 11.8 Å². The van der Waals surface area contributed by atoms with Crippen LogP contribution in [0.2, 0.25) is 0 Å². The largest absolute Gasteiger partial charge is 0.396 e. The minimum atomic E-state index is -4.44. The van der Waals surface area contributed by atoms with E-state index >= 15 is 0 Å². The van der Waals surface area contributed by atoms with Crippen molar-refractivity contribution in [3.8, 4) is 0 Å². The zero-order valence-corrected chi connectivity index (χ0v) is 17.2. The van der Waals surface area contributed by atoms with Crippen molar-refractivity contribution < 1.29 is 31.1 Å². The molecule has 1 aliphatic rings. The Labute approximate surface area is 180 Å². The Morgan fingerprint density at radius 2 is 1.78 bits per heavy atom. The number of hydrogen-bond acceptors (Lipinski definition) is 4. The van der Waals surface area contributed by atoms with Gasteiger partial charge in [0.15, 0.2) is 11.6 Å². The molecule has 1 amide bonds. The lowest BCUT2D eigenvalue weighted by Gasteiger charge is -2.35. The number of aryl methyl sites for hydroxylation is 1. The summed E-state index contributed by atoms with van der Waals surface area (Å²) < 4.78 is 77.9. The van der Waals surface area contributed by atoms with Crippen molar-refractivity contribution in [2.75, 3.05) is 13.1 Å². The lowest BCUT2D eigenvalue weighted by Crippen LogP contribution is -2.44. The number of nitrogens with zero attached hydrogens (tertiary/aromatic N) is 3. The lowest BCUT2D eigenvalue weighted by molar-refractivity contribution is -0.128. The van der Waals surface area contributed by atoms with E-state index in [2.05, 4.69) is 9.97 Å². The van der Waals surface area contributed by atoms with Crippen LogP contribution in [0.3, 0.4) is 0 Å². The van der Waals surface area contributed by atoms with Crippen molar-refractivity contribution in [1.29, 1.82) is 0 Å². The normalized spacial score (nSPS) is 16.3. The second-order valence-electron chi connectivity index (χ2n) is 7.93. The summed E-state index contributed by atoms with van der Waals surface area (Å²) in [5, 5.41) is 0. The number of nitrogens with two attached hydrogens (primary N) is 1. The van der Waals surface area contributed by atoms with Crippen molar-refractivity contribution in [3.05, 3.63) is 58.4 Å². The van der Waals surface area contributed by atoms with Gasteiger partial charge in [0.05, 0.1) is 11.3 Å². The first-order valence-corrected chi connectivity index (χ1v) is 10.0. The van der Waals surface area contributed by atoms with Crippen LogP contribution in [0.15, 0.2) is 18.3 Å². The molecule has 1 aliphatic heterocycles. The third-order valence-electron chi connectivity index (χ3n) is 5.60. The summed E-state index contributed by atoms with van der Waals surface area (Å²) in [7, 11) is 0. The van der Waals surface area contributed by atoms with E-state index in [1.807, 2.05) is 0 Å². The molecule has 0 aliphatic carbocycles. The second-order valence-corrected chi connectivity index (χ2v) is 7.93. The van der Waals surface area contributed by atoms with Gasteiger partial charge in [0.2, 0.25) is 0 Å². The van der Waals surface area contributed by atoms with Crippen LogP contribution >= 0.6 is 0 Å². The van der Waals surface area contributed by atoms with Gasteiger partial charge in [0.25, 0.3) is 5.91 Å². The number of alkyl halides is 3. The predicted molar refractivity (Wildman–Crippen MR) is 103 cm³/mol. The smallest absolute Gasteiger partial charge is 0.339 e. The summed E-state index contributed by atoms with van der Waals surface area (Å²) in [6.07, 6.45) is -3.58. The van der Waals surface area contributed by atoms with Crippen molar-refractivity contribution in [3.63, 3.8) is 0 Å². The number of carbonyl (C=O) groups excluding carboxylic acids is 1. The van der Waals surface area contributed by atoms with Gasteiger partial charge in [-0.3, -0.25) is 4.79 Å². The molecule has 0 saturated carbocycles. The third kappa shape index (κ3) is 5.76. The molecule has 0 bridgehead atoms. The molecular weight excluding hydrogens is 438 g/mol. The predicted octanol–water partition coefficient (Wildman–Crippen LogP) is 3.73. The van der Waals surface area contributed by atoms with Crippen LogP contribution in [0.4, 0.5) is 26.3 Å². The SMILES string of the molecule is Cc1nc(CC(F)(F)F)ncc1C(=O)N1CCC(C(N)Cc2cc(F)c(F)cc2F)CC1. The molecule has 1 aromatic carbocycles. The summed E-state index contributed by atoms with van der Waals surface area (Å²) >= 11 is 0. The van der Waals surface area contributed by atoms with Crippen molar-refractivity contribution >= 4 is 5.91 Å². The minimum absolute atomic E-state index is 0.0124. The molecule has 11 heteroatoms. The summed E-state index contributed by atoms with van der Waals surface area (Å²) in [5.41, 5.74) is 6.44. The third-order valence-corrected chi connectivity index (χ3v) is 5.60. The fourth-order valence-corrected chi connectivity index (χ4v) is 3.83. The summed E-state index contributed by atoms with van der Waals surface area (Å²) in [6.45, 7) is 2.12. The number of amides is 1. The van der Waals surface area contributed by atoms with Crippen LogP contribution < -0.4 is 5.73 Å². The molecule has 5 nitrogen and oxygen atoms in total.